The first-order chi connectivity index (χ1) is 13.5. The highest BCUT2D eigenvalue weighted by molar-refractivity contribution is 5.94. The normalized spacial score (nSPS) is 19.7. The molecule has 1 rings (SSSR count). The van der Waals surface area contributed by atoms with Crippen molar-refractivity contribution >= 4 is 23.7 Å². The number of carboxylic acids is 1. The fourth-order valence-electron chi connectivity index (χ4n) is 3.33. The molecule has 10 nitrogen and oxygen atoms in total. The van der Waals surface area contributed by atoms with Crippen LogP contribution in [-0.4, -0.2) is 76.1 Å². The molecule has 10 heteroatoms. The first-order valence-corrected chi connectivity index (χ1v) is 10.00. The molecule has 0 saturated carbocycles. The minimum Gasteiger partial charge on any atom is -0.480 e. The van der Waals surface area contributed by atoms with Crippen LogP contribution in [0.1, 0.15) is 47.0 Å². The van der Waals surface area contributed by atoms with Crippen molar-refractivity contribution in [1.82, 2.24) is 15.5 Å². The number of rotatable bonds is 10. The summed E-state index contributed by atoms with van der Waals surface area (Å²) in [4.78, 5) is 50.5. The number of carbonyl (C=O) groups is 4. The smallest absolute Gasteiger partial charge is 0.326 e. The van der Waals surface area contributed by atoms with Crippen molar-refractivity contribution in [3.8, 4) is 0 Å². The Morgan fingerprint density at radius 1 is 1.14 bits per heavy atom. The molecule has 0 aliphatic carbocycles. The van der Waals surface area contributed by atoms with Gasteiger partial charge >= 0.3 is 5.97 Å². The minimum atomic E-state index is -1.14. The Bertz CT molecular complexity index is 610. The maximum atomic E-state index is 12.8. The van der Waals surface area contributed by atoms with Gasteiger partial charge in [-0.05, 0) is 31.1 Å². The summed E-state index contributed by atoms with van der Waals surface area (Å²) in [6.07, 6.45) is 1.35. The van der Waals surface area contributed by atoms with Gasteiger partial charge in [0, 0.05) is 6.54 Å². The fraction of sp³-hybridized carbons (Fsp3) is 0.789. The number of nitrogens with one attached hydrogen (secondary N) is 2. The predicted octanol–water partition coefficient (Wildman–Crippen LogP) is -0.947. The van der Waals surface area contributed by atoms with Crippen LogP contribution in [0.5, 0.6) is 0 Å². The third-order valence-corrected chi connectivity index (χ3v) is 4.92. The molecular formula is C19H34N4O6. The quantitative estimate of drug-likeness (QED) is 0.308. The zero-order valence-corrected chi connectivity index (χ0v) is 17.6. The molecule has 0 aromatic heterocycles. The van der Waals surface area contributed by atoms with E-state index < -0.39 is 54.5 Å². The zero-order valence-electron chi connectivity index (χ0n) is 17.6. The monoisotopic (exact) mass is 414 g/mol. The van der Waals surface area contributed by atoms with Crippen molar-refractivity contribution in [3.05, 3.63) is 0 Å². The van der Waals surface area contributed by atoms with Crippen LogP contribution in [0.4, 0.5) is 0 Å². The molecule has 1 heterocycles. The van der Waals surface area contributed by atoms with Crippen LogP contribution in [0.2, 0.25) is 0 Å². The van der Waals surface area contributed by atoms with Gasteiger partial charge in [-0.15, -0.1) is 0 Å². The van der Waals surface area contributed by atoms with Gasteiger partial charge in [0.25, 0.3) is 0 Å². The molecule has 1 saturated heterocycles. The average Bonchev–Trinajstić information content (AvgIpc) is 3.12. The SMILES string of the molecule is CC(C)CC(NC(=O)C1CCCN1C(=O)C(N)CO)C(=O)NC(C(=O)O)C(C)C. The lowest BCUT2D eigenvalue weighted by Crippen LogP contribution is -2.57. The number of hydrogen-bond acceptors (Lipinski definition) is 6. The van der Waals surface area contributed by atoms with Crippen molar-refractivity contribution in [2.75, 3.05) is 13.2 Å². The van der Waals surface area contributed by atoms with E-state index in [1.807, 2.05) is 13.8 Å². The number of hydrogen-bond donors (Lipinski definition) is 5. The first kappa shape index (κ1) is 24.8. The van der Waals surface area contributed by atoms with Crippen LogP contribution < -0.4 is 16.4 Å². The van der Waals surface area contributed by atoms with E-state index in [1.165, 1.54) is 4.90 Å². The molecule has 1 fully saturated rings. The second-order valence-corrected chi connectivity index (χ2v) is 8.24. The van der Waals surface area contributed by atoms with E-state index in [2.05, 4.69) is 10.6 Å². The number of carbonyl (C=O) groups excluding carboxylic acids is 3. The standard InChI is InChI=1S/C19H34N4O6/c1-10(2)8-13(16(25)22-15(11(3)4)19(28)29)21-17(26)14-6-5-7-23(14)18(27)12(20)9-24/h10-15,24H,5-9,20H2,1-4H3,(H,21,26)(H,22,25)(H,28,29). The van der Waals surface area contributed by atoms with E-state index in [4.69, 9.17) is 10.8 Å². The summed E-state index contributed by atoms with van der Waals surface area (Å²) in [5.41, 5.74) is 5.59. The highest BCUT2D eigenvalue weighted by atomic mass is 16.4. The second kappa shape index (κ2) is 11.1. The predicted molar refractivity (Wildman–Crippen MR) is 106 cm³/mol. The largest absolute Gasteiger partial charge is 0.480 e. The number of aliphatic carboxylic acids is 1. The molecule has 0 aromatic carbocycles. The lowest BCUT2D eigenvalue weighted by molar-refractivity contribution is -0.144. The van der Waals surface area contributed by atoms with Gasteiger partial charge in [-0.2, -0.15) is 0 Å². The second-order valence-electron chi connectivity index (χ2n) is 8.24. The Morgan fingerprint density at radius 3 is 2.24 bits per heavy atom. The van der Waals surface area contributed by atoms with Crippen molar-refractivity contribution in [1.29, 1.82) is 0 Å². The number of aliphatic hydroxyl groups excluding tert-OH is 1. The fourth-order valence-corrected chi connectivity index (χ4v) is 3.33. The molecule has 0 spiro atoms. The summed E-state index contributed by atoms with van der Waals surface area (Å²) in [7, 11) is 0. The third kappa shape index (κ3) is 6.97. The zero-order chi connectivity index (χ0) is 22.3. The Kier molecular flexibility index (Phi) is 9.51. The lowest BCUT2D eigenvalue weighted by Gasteiger charge is -2.29. The van der Waals surface area contributed by atoms with Gasteiger partial charge in [0.05, 0.1) is 6.61 Å². The number of likely N-dealkylation sites (tertiary alicyclic amines) is 1. The number of nitrogens with zero attached hydrogens (tertiary/aromatic N) is 1. The Morgan fingerprint density at radius 2 is 1.76 bits per heavy atom. The van der Waals surface area contributed by atoms with Crippen LogP contribution in [-0.2, 0) is 19.2 Å². The summed E-state index contributed by atoms with van der Waals surface area (Å²) >= 11 is 0. The molecule has 3 amide bonds. The van der Waals surface area contributed by atoms with Crippen molar-refractivity contribution < 1.29 is 29.4 Å². The maximum Gasteiger partial charge on any atom is 0.326 e. The summed E-state index contributed by atoms with van der Waals surface area (Å²) in [6, 6.07) is -3.86. The van der Waals surface area contributed by atoms with E-state index >= 15 is 0 Å². The van der Waals surface area contributed by atoms with Gasteiger partial charge in [-0.3, -0.25) is 14.4 Å². The van der Waals surface area contributed by atoms with E-state index in [-0.39, 0.29) is 11.8 Å². The summed E-state index contributed by atoms with van der Waals surface area (Å²) in [5, 5.41) is 23.6. The maximum absolute atomic E-state index is 12.8. The van der Waals surface area contributed by atoms with Crippen LogP contribution in [0.15, 0.2) is 0 Å². The summed E-state index contributed by atoms with van der Waals surface area (Å²) in [6.45, 7) is 6.96. The topological polar surface area (TPSA) is 162 Å². The molecule has 4 atom stereocenters. The van der Waals surface area contributed by atoms with Crippen molar-refractivity contribution in [2.45, 2.75) is 71.1 Å². The van der Waals surface area contributed by atoms with Gasteiger partial charge in [0.2, 0.25) is 17.7 Å². The summed E-state index contributed by atoms with van der Waals surface area (Å²) < 4.78 is 0. The Hall–Kier alpha value is -2.20. The number of amides is 3. The minimum absolute atomic E-state index is 0.0671. The Balaban J connectivity index is 2.91. The third-order valence-electron chi connectivity index (χ3n) is 4.92. The van der Waals surface area contributed by atoms with E-state index in [9.17, 15) is 24.3 Å². The van der Waals surface area contributed by atoms with Gasteiger partial charge in [0.15, 0.2) is 0 Å². The molecule has 1 aliphatic heterocycles. The first-order valence-electron chi connectivity index (χ1n) is 10.00. The highest BCUT2D eigenvalue weighted by Crippen LogP contribution is 2.19. The lowest BCUT2D eigenvalue weighted by atomic mass is 10.00. The molecule has 6 N–H and O–H groups in total. The highest BCUT2D eigenvalue weighted by Gasteiger charge is 2.38. The molecule has 1 aliphatic rings. The van der Waals surface area contributed by atoms with Crippen LogP contribution >= 0.6 is 0 Å². The van der Waals surface area contributed by atoms with Crippen LogP contribution in [0, 0.1) is 11.8 Å². The van der Waals surface area contributed by atoms with Gasteiger partial charge in [-0.25, -0.2) is 4.79 Å². The van der Waals surface area contributed by atoms with E-state index in [1.54, 1.807) is 13.8 Å². The molecule has 166 valence electrons. The van der Waals surface area contributed by atoms with Gasteiger partial charge in [-0.1, -0.05) is 27.7 Å². The number of carboxylic acid groups (broad SMARTS) is 1. The molecule has 0 bridgehead atoms. The molecule has 4 unspecified atom stereocenters. The number of nitrogens with two attached hydrogens (primary N) is 1. The van der Waals surface area contributed by atoms with Crippen LogP contribution in [0.3, 0.4) is 0 Å². The van der Waals surface area contributed by atoms with Crippen molar-refractivity contribution in [2.24, 2.45) is 17.6 Å². The van der Waals surface area contributed by atoms with E-state index in [0.29, 0.717) is 25.8 Å². The van der Waals surface area contributed by atoms with Crippen molar-refractivity contribution in [3.63, 3.8) is 0 Å². The van der Waals surface area contributed by atoms with Gasteiger partial charge in [0.1, 0.15) is 24.2 Å². The molecule has 0 aromatic rings. The molecule has 29 heavy (non-hydrogen) atoms. The van der Waals surface area contributed by atoms with Gasteiger partial charge < -0.3 is 31.5 Å². The summed E-state index contributed by atoms with van der Waals surface area (Å²) in [5.74, 6) is -2.98. The number of aliphatic hydroxyl groups is 1. The molecule has 0 radical (unpaired) electrons. The Labute approximate surface area is 171 Å². The molecular weight excluding hydrogens is 380 g/mol. The van der Waals surface area contributed by atoms with Crippen LogP contribution in [0.25, 0.3) is 0 Å². The van der Waals surface area contributed by atoms with E-state index in [0.717, 1.165) is 0 Å². The average molecular weight is 415 g/mol.